The maximum absolute atomic E-state index is 11.0. The van der Waals surface area contributed by atoms with Crippen molar-refractivity contribution in [2.45, 2.75) is 11.5 Å². The van der Waals surface area contributed by atoms with Crippen LogP contribution in [-0.4, -0.2) is 47.7 Å². The first-order valence-corrected chi connectivity index (χ1v) is 10.5. The van der Waals surface area contributed by atoms with E-state index in [9.17, 15) is 15.4 Å². The molecule has 1 saturated heterocycles. The molecule has 2 aliphatic heterocycles. The van der Waals surface area contributed by atoms with Crippen molar-refractivity contribution in [3.8, 4) is 17.6 Å². The summed E-state index contributed by atoms with van der Waals surface area (Å²) in [6.07, 6.45) is 3.15. The molecule has 1 fully saturated rings. The van der Waals surface area contributed by atoms with E-state index in [1.54, 1.807) is 26.4 Å². The highest BCUT2D eigenvalue weighted by molar-refractivity contribution is 7.99. The third-order valence-corrected chi connectivity index (χ3v) is 6.00. The molecule has 0 radical (unpaired) electrons. The Labute approximate surface area is 182 Å². The summed E-state index contributed by atoms with van der Waals surface area (Å²) >= 11 is 1.52. The van der Waals surface area contributed by atoms with Crippen molar-refractivity contribution >= 4 is 29.1 Å². The highest BCUT2D eigenvalue weighted by Crippen LogP contribution is 2.39. The van der Waals surface area contributed by atoms with Gasteiger partial charge in [0, 0.05) is 5.56 Å². The maximum Gasteiger partial charge on any atom is 0.433 e. The number of ether oxygens (including phenoxy) is 2. The van der Waals surface area contributed by atoms with Crippen LogP contribution in [0.5, 0.6) is 11.5 Å². The fraction of sp³-hybridized carbons (Fsp3) is 0.300. The molecule has 0 spiro atoms. The van der Waals surface area contributed by atoms with Crippen molar-refractivity contribution in [1.82, 2.24) is 10.4 Å². The Balaban J connectivity index is 1.83. The second-order valence-corrected chi connectivity index (χ2v) is 7.71. The quantitative estimate of drug-likeness (QED) is 0.531. The van der Waals surface area contributed by atoms with Gasteiger partial charge in [-0.25, -0.2) is 5.43 Å². The number of thioether (sulfide) groups is 1. The number of methoxy groups -OCH3 is 2. The Morgan fingerprint density at radius 2 is 2.06 bits per heavy atom. The molecule has 1 aromatic carbocycles. The zero-order chi connectivity index (χ0) is 22.1. The van der Waals surface area contributed by atoms with E-state index in [1.165, 1.54) is 23.9 Å². The Morgan fingerprint density at radius 1 is 1.29 bits per heavy atom. The van der Waals surface area contributed by atoms with Gasteiger partial charge in [-0.15, -0.1) is 11.8 Å². The SMILES string of the molecule is COc1ccc(C2=CC(c3ccc([N+](=O)[O-])o3)=NC3C(C#N)C(SC)NN23)cc1OC. The largest absolute Gasteiger partial charge is 0.493 e. The molecule has 1 N–H and O–H groups in total. The zero-order valence-electron chi connectivity index (χ0n) is 16.9. The lowest BCUT2D eigenvalue weighted by atomic mass is 10.0. The average molecular weight is 441 g/mol. The third kappa shape index (κ3) is 3.60. The number of aliphatic imine (C=N–C) groups is 1. The van der Waals surface area contributed by atoms with Crippen molar-refractivity contribution < 1.29 is 18.8 Å². The fourth-order valence-corrected chi connectivity index (χ4v) is 4.30. The third-order valence-electron chi connectivity index (χ3n) is 5.09. The van der Waals surface area contributed by atoms with Crippen LogP contribution in [0.1, 0.15) is 11.3 Å². The van der Waals surface area contributed by atoms with Gasteiger partial charge in [-0.05, 0) is 36.6 Å². The van der Waals surface area contributed by atoms with Crippen molar-refractivity contribution in [3.63, 3.8) is 0 Å². The topological polar surface area (TPSA) is 126 Å². The van der Waals surface area contributed by atoms with Gasteiger partial charge >= 0.3 is 5.88 Å². The molecule has 2 aliphatic rings. The zero-order valence-corrected chi connectivity index (χ0v) is 17.8. The molecular formula is C20H19N5O5S. The van der Waals surface area contributed by atoms with Gasteiger partial charge in [0.05, 0.1) is 37.4 Å². The smallest absolute Gasteiger partial charge is 0.433 e. The van der Waals surface area contributed by atoms with E-state index in [1.807, 2.05) is 23.4 Å². The predicted octanol–water partition coefficient (Wildman–Crippen LogP) is 3.02. The first kappa shape index (κ1) is 20.8. The Hall–Kier alpha value is -3.49. The Kier molecular flexibility index (Phi) is 5.58. The molecule has 0 saturated carbocycles. The predicted molar refractivity (Wildman–Crippen MR) is 115 cm³/mol. The van der Waals surface area contributed by atoms with Crippen molar-refractivity contribution in [1.29, 1.82) is 5.26 Å². The van der Waals surface area contributed by atoms with E-state index >= 15 is 0 Å². The standard InChI is InChI=1S/C20H19N5O5S/c1-28-16-5-4-11(8-17(16)29-2)14-9-13(15-6-7-18(30-15)25(26)27)22-19-12(10-21)20(31-3)23-24(14)19/h4-9,12,19-20,23H,1-3H3. The number of hydrogen-bond acceptors (Lipinski definition) is 10. The summed E-state index contributed by atoms with van der Waals surface area (Å²) in [5.41, 5.74) is 5.28. The van der Waals surface area contributed by atoms with Crippen LogP contribution in [0.2, 0.25) is 0 Å². The molecule has 3 atom stereocenters. The Morgan fingerprint density at radius 3 is 2.68 bits per heavy atom. The molecule has 3 unspecified atom stereocenters. The first-order valence-electron chi connectivity index (χ1n) is 9.25. The van der Waals surface area contributed by atoms with Crippen LogP contribution in [0.15, 0.2) is 45.8 Å². The van der Waals surface area contributed by atoms with Gasteiger partial charge in [-0.1, -0.05) is 0 Å². The normalized spacial score (nSPS) is 22.3. The van der Waals surface area contributed by atoms with Gasteiger partial charge in [-0.3, -0.25) is 20.1 Å². The number of nitro groups is 1. The van der Waals surface area contributed by atoms with E-state index in [4.69, 9.17) is 13.9 Å². The summed E-state index contributed by atoms with van der Waals surface area (Å²) < 4.78 is 16.1. The molecule has 3 heterocycles. The number of nitrogens with zero attached hydrogens (tertiary/aromatic N) is 4. The van der Waals surface area contributed by atoms with Crippen LogP contribution >= 0.6 is 11.8 Å². The van der Waals surface area contributed by atoms with Gasteiger partial charge in [0.15, 0.2) is 23.4 Å². The number of fused-ring (bicyclic) bond motifs is 1. The Bertz CT molecular complexity index is 1120. The van der Waals surface area contributed by atoms with E-state index in [2.05, 4.69) is 16.5 Å². The molecule has 1 aromatic heterocycles. The van der Waals surface area contributed by atoms with E-state index in [0.717, 1.165) is 11.3 Å². The van der Waals surface area contributed by atoms with Gasteiger partial charge in [0.2, 0.25) is 0 Å². The minimum atomic E-state index is -0.600. The summed E-state index contributed by atoms with van der Waals surface area (Å²) in [7, 11) is 3.11. The number of nitriles is 1. The molecule has 31 heavy (non-hydrogen) atoms. The summed E-state index contributed by atoms with van der Waals surface area (Å²) in [6.45, 7) is 0. The maximum atomic E-state index is 11.0. The molecule has 0 bridgehead atoms. The number of rotatable bonds is 6. The summed E-state index contributed by atoms with van der Waals surface area (Å²) in [5, 5.41) is 22.5. The molecule has 0 aliphatic carbocycles. The van der Waals surface area contributed by atoms with E-state index in [-0.39, 0.29) is 17.0 Å². The lowest BCUT2D eigenvalue weighted by molar-refractivity contribution is -0.402. The lowest BCUT2D eigenvalue weighted by Crippen LogP contribution is -2.39. The second-order valence-electron chi connectivity index (χ2n) is 6.73. The van der Waals surface area contributed by atoms with Crippen molar-refractivity contribution in [2.24, 2.45) is 10.9 Å². The van der Waals surface area contributed by atoms with Gasteiger partial charge in [0.25, 0.3) is 0 Å². The summed E-state index contributed by atoms with van der Waals surface area (Å²) in [4.78, 5) is 15.1. The molecule has 11 heteroatoms. The van der Waals surface area contributed by atoms with Crippen molar-refractivity contribution in [2.75, 3.05) is 20.5 Å². The molecular weight excluding hydrogens is 422 g/mol. The average Bonchev–Trinajstić information content (AvgIpc) is 3.42. The molecule has 10 nitrogen and oxygen atoms in total. The fourth-order valence-electron chi connectivity index (χ4n) is 3.59. The monoisotopic (exact) mass is 441 g/mol. The number of hydrazine groups is 1. The minimum Gasteiger partial charge on any atom is -0.493 e. The van der Waals surface area contributed by atoms with Gasteiger partial charge < -0.3 is 13.9 Å². The van der Waals surface area contributed by atoms with E-state index in [0.29, 0.717) is 17.2 Å². The van der Waals surface area contributed by atoms with Crippen LogP contribution in [-0.2, 0) is 0 Å². The van der Waals surface area contributed by atoms with Crippen LogP contribution in [0.3, 0.4) is 0 Å². The molecule has 160 valence electrons. The highest BCUT2D eigenvalue weighted by atomic mass is 32.2. The van der Waals surface area contributed by atoms with Crippen LogP contribution < -0.4 is 14.9 Å². The van der Waals surface area contributed by atoms with Crippen LogP contribution in [0.25, 0.3) is 5.70 Å². The van der Waals surface area contributed by atoms with Crippen LogP contribution in [0, 0.1) is 27.4 Å². The number of hydrogen-bond donors (Lipinski definition) is 1. The summed E-state index contributed by atoms with van der Waals surface area (Å²) in [6, 6.07) is 10.6. The molecule has 4 rings (SSSR count). The van der Waals surface area contributed by atoms with Crippen molar-refractivity contribution in [3.05, 3.63) is 57.8 Å². The summed E-state index contributed by atoms with van der Waals surface area (Å²) in [5.74, 6) is 0.575. The number of allylic oxidation sites excluding steroid dienone is 1. The highest BCUT2D eigenvalue weighted by Gasteiger charge is 2.45. The number of furan rings is 1. The van der Waals surface area contributed by atoms with Gasteiger partial charge in [-0.2, -0.15) is 5.26 Å². The molecule has 0 amide bonds. The van der Waals surface area contributed by atoms with Gasteiger partial charge in [0.1, 0.15) is 16.6 Å². The first-order chi connectivity index (χ1) is 15.0. The second kappa shape index (κ2) is 8.33. The lowest BCUT2D eigenvalue weighted by Gasteiger charge is -2.31. The van der Waals surface area contributed by atoms with E-state index < -0.39 is 17.0 Å². The number of benzene rings is 1. The number of nitrogens with one attached hydrogen (secondary N) is 1. The van der Waals surface area contributed by atoms with Crippen LogP contribution in [0.4, 0.5) is 5.88 Å². The molecule has 2 aromatic rings. The minimum absolute atomic E-state index is 0.174.